The number of anilines is 2. The molecule has 1 atom stereocenters. The average molecular weight is 260 g/mol. The summed E-state index contributed by atoms with van der Waals surface area (Å²) in [5, 5.41) is 3.27. The lowest BCUT2D eigenvalue weighted by Gasteiger charge is -2.19. The van der Waals surface area contributed by atoms with Gasteiger partial charge in [-0.15, -0.1) is 0 Å². The summed E-state index contributed by atoms with van der Waals surface area (Å²) in [4.78, 5) is 0. The van der Waals surface area contributed by atoms with Crippen LogP contribution in [0.5, 0.6) is 0 Å². The summed E-state index contributed by atoms with van der Waals surface area (Å²) in [5.41, 5.74) is 6.83. The number of alkyl halides is 2. The fraction of sp³-hybridized carbons (Fsp3) is 0.500. The van der Waals surface area contributed by atoms with Crippen molar-refractivity contribution in [1.82, 2.24) is 0 Å². The molecule has 2 nitrogen and oxygen atoms in total. The first-order valence-electron chi connectivity index (χ1n) is 5.51. The zero-order chi connectivity index (χ0) is 12.8. The van der Waals surface area contributed by atoms with Crippen molar-refractivity contribution < 1.29 is 8.78 Å². The molecular formula is C12H18F2N2S. The minimum Gasteiger partial charge on any atom is -0.397 e. The van der Waals surface area contributed by atoms with Gasteiger partial charge in [-0.3, -0.25) is 0 Å². The van der Waals surface area contributed by atoms with Crippen LogP contribution >= 0.6 is 11.8 Å². The lowest BCUT2D eigenvalue weighted by molar-refractivity contribution is 0.151. The monoisotopic (exact) mass is 260 g/mol. The van der Waals surface area contributed by atoms with E-state index in [-0.39, 0.29) is 5.56 Å². The molecule has 0 fully saturated rings. The zero-order valence-electron chi connectivity index (χ0n) is 10.0. The Labute approximate surface area is 105 Å². The first kappa shape index (κ1) is 14.1. The largest absolute Gasteiger partial charge is 0.397 e. The molecule has 0 aliphatic heterocycles. The summed E-state index contributed by atoms with van der Waals surface area (Å²) in [6.45, 7) is 2.08. The number of halogens is 2. The molecule has 0 aliphatic rings. The van der Waals surface area contributed by atoms with Gasteiger partial charge in [-0.05, 0) is 24.8 Å². The summed E-state index contributed by atoms with van der Waals surface area (Å²) in [7, 11) is 0. The maximum absolute atomic E-state index is 12.4. The number of nitrogens with two attached hydrogens (primary N) is 1. The Morgan fingerprint density at radius 2 is 2.12 bits per heavy atom. The van der Waals surface area contributed by atoms with Crippen LogP contribution in [-0.4, -0.2) is 18.1 Å². The van der Waals surface area contributed by atoms with Crippen LogP contribution in [0.25, 0.3) is 0 Å². The minimum atomic E-state index is -2.47. The molecule has 96 valence electrons. The molecule has 0 heterocycles. The highest BCUT2D eigenvalue weighted by atomic mass is 32.2. The van der Waals surface area contributed by atoms with Gasteiger partial charge >= 0.3 is 0 Å². The lowest BCUT2D eigenvalue weighted by Crippen LogP contribution is -2.21. The number of nitrogens with one attached hydrogen (secondary N) is 1. The highest BCUT2D eigenvalue weighted by Crippen LogP contribution is 2.27. The fourth-order valence-corrected chi connectivity index (χ4v) is 2.25. The van der Waals surface area contributed by atoms with Gasteiger partial charge < -0.3 is 11.1 Å². The van der Waals surface area contributed by atoms with Crippen molar-refractivity contribution >= 4 is 23.1 Å². The van der Waals surface area contributed by atoms with Crippen LogP contribution in [0.4, 0.5) is 20.2 Å². The normalized spacial score (nSPS) is 12.8. The summed E-state index contributed by atoms with van der Waals surface area (Å²) < 4.78 is 24.9. The Morgan fingerprint density at radius 3 is 2.59 bits per heavy atom. The molecule has 0 radical (unpaired) electrons. The highest BCUT2D eigenvalue weighted by molar-refractivity contribution is 7.98. The van der Waals surface area contributed by atoms with Crippen molar-refractivity contribution in [2.24, 2.45) is 0 Å². The predicted octanol–water partition coefficient (Wildman–Crippen LogP) is 3.76. The molecule has 5 heteroatoms. The number of thioether (sulfide) groups is 1. The van der Waals surface area contributed by atoms with Gasteiger partial charge in [0.25, 0.3) is 6.43 Å². The summed E-state index contributed by atoms with van der Waals surface area (Å²) >= 11 is 1.74. The van der Waals surface area contributed by atoms with Gasteiger partial charge in [0, 0.05) is 17.4 Å². The van der Waals surface area contributed by atoms with E-state index >= 15 is 0 Å². The molecule has 0 amide bonds. The second-order valence-corrected chi connectivity index (χ2v) is 4.76. The maximum atomic E-state index is 12.4. The first-order chi connectivity index (χ1) is 8.08. The third-order valence-electron chi connectivity index (χ3n) is 2.55. The SMILES string of the molecule is CCC(CSC)Nc1ccc(C(F)F)cc1N. The first-order valence-corrected chi connectivity index (χ1v) is 6.90. The summed E-state index contributed by atoms with van der Waals surface area (Å²) in [5.74, 6) is 0.965. The van der Waals surface area contributed by atoms with Gasteiger partial charge in [0.2, 0.25) is 0 Å². The van der Waals surface area contributed by atoms with Crippen LogP contribution in [0.1, 0.15) is 25.3 Å². The van der Waals surface area contributed by atoms with Crippen molar-refractivity contribution in [3.8, 4) is 0 Å². The molecule has 0 spiro atoms. The standard InChI is InChI=1S/C12H18F2N2S/c1-3-9(7-17-2)16-11-5-4-8(12(13)14)6-10(11)15/h4-6,9,12,16H,3,7,15H2,1-2H3. The average Bonchev–Trinajstić information content (AvgIpc) is 2.30. The highest BCUT2D eigenvalue weighted by Gasteiger charge is 2.11. The quantitative estimate of drug-likeness (QED) is 0.765. The van der Waals surface area contributed by atoms with Crippen molar-refractivity contribution in [3.63, 3.8) is 0 Å². The number of nitrogen functional groups attached to an aromatic ring is 1. The molecule has 1 unspecified atom stereocenters. The van der Waals surface area contributed by atoms with Gasteiger partial charge in [-0.25, -0.2) is 8.78 Å². The van der Waals surface area contributed by atoms with E-state index in [2.05, 4.69) is 12.2 Å². The van der Waals surface area contributed by atoms with E-state index in [9.17, 15) is 8.78 Å². The number of rotatable bonds is 6. The van der Waals surface area contributed by atoms with Crippen LogP contribution < -0.4 is 11.1 Å². The lowest BCUT2D eigenvalue weighted by atomic mass is 10.1. The Kier molecular flexibility index (Phi) is 5.55. The van der Waals surface area contributed by atoms with E-state index in [1.807, 2.05) is 6.26 Å². The van der Waals surface area contributed by atoms with E-state index in [0.29, 0.717) is 11.7 Å². The van der Waals surface area contributed by atoms with E-state index in [4.69, 9.17) is 5.73 Å². The van der Waals surface area contributed by atoms with Crippen LogP contribution in [0.3, 0.4) is 0 Å². The van der Waals surface area contributed by atoms with Crippen molar-refractivity contribution in [2.45, 2.75) is 25.8 Å². The maximum Gasteiger partial charge on any atom is 0.263 e. The Balaban J connectivity index is 2.77. The molecule has 1 aromatic rings. The van der Waals surface area contributed by atoms with E-state index in [1.54, 1.807) is 17.8 Å². The molecule has 0 saturated heterocycles. The van der Waals surface area contributed by atoms with Crippen molar-refractivity contribution in [2.75, 3.05) is 23.1 Å². The topological polar surface area (TPSA) is 38.0 Å². The van der Waals surface area contributed by atoms with E-state index in [1.165, 1.54) is 12.1 Å². The van der Waals surface area contributed by atoms with Gasteiger partial charge in [-0.2, -0.15) is 11.8 Å². The Bertz CT molecular complexity index is 358. The van der Waals surface area contributed by atoms with Gasteiger partial charge in [0.15, 0.2) is 0 Å². The molecular weight excluding hydrogens is 242 g/mol. The van der Waals surface area contributed by atoms with Crippen molar-refractivity contribution in [3.05, 3.63) is 23.8 Å². The van der Waals surface area contributed by atoms with Crippen LogP contribution in [-0.2, 0) is 0 Å². The van der Waals surface area contributed by atoms with Crippen LogP contribution in [0, 0.1) is 0 Å². The molecule has 0 aromatic heterocycles. The molecule has 17 heavy (non-hydrogen) atoms. The second-order valence-electron chi connectivity index (χ2n) is 3.85. The van der Waals surface area contributed by atoms with Gasteiger partial charge in [0.1, 0.15) is 0 Å². The third kappa shape index (κ3) is 4.07. The number of hydrogen-bond acceptors (Lipinski definition) is 3. The van der Waals surface area contributed by atoms with Gasteiger partial charge in [-0.1, -0.05) is 13.0 Å². The third-order valence-corrected chi connectivity index (χ3v) is 3.28. The molecule has 1 rings (SSSR count). The van der Waals surface area contributed by atoms with Crippen LogP contribution in [0.15, 0.2) is 18.2 Å². The smallest absolute Gasteiger partial charge is 0.263 e. The van der Waals surface area contributed by atoms with E-state index in [0.717, 1.165) is 17.9 Å². The second kappa shape index (κ2) is 6.69. The molecule has 3 N–H and O–H groups in total. The zero-order valence-corrected chi connectivity index (χ0v) is 10.9. The summed E-state index contributed by atoms with van der Waals surface area (Å²) in [6.07, 6.45) is 0.532. The molecule has 0 aliphatic carbocycles. The van der Waals surface area contributed by atoms with Crippen molar-refractivity contribution in [1.29, 1.82) is 0 Å². The number of benzene rings is 1. The molecule has 0 bridgehead atoms. The minimum absolute atomic E-state index is 0.0361. The Hall–Kier alpha value is -0.970. The molecule has 0 saturated carbocycles. The summed E-state index contributed by atoms with van der Waals surface area (Å²) in [6, 6.07) is 4.68. The fourth-order valence-electron chi connectivity index (χ4n) is 1.53. The van der Waals surface area contributed by atoms with Crippen LogP contribution in [0.2, 0.25) is 0 Å². The predicted molar refractivity (Wildman–Crippen MR) is 71.9 cm³/mol. The van der Waals surface area contributed by atoms with Gasteiger partial charge in [0.05, 0.1) is 11.4 Å². The molecule has 1 aromatic carbocycles. The van der Waals surface area contributed by atoms with E-state index < -0.39 is 6.43 Å². The Morgan fingerprint density at radius 1 is 1.41 bits per heavy atom. The number of hydrogen-bond donors (Lipinski definition) is 2.